The van der Waals surface area contributed by atoms with Crippen molar-refractivity contribution in [1.82, 2.24) is 9.62 Å². The lowest BCUT2D eigenvalue weighted by atomic mass is 10.0. The van der Waals surface area contributed by atoms with E-state index in [4.69, 9.17) is 0 Å². The summed E-state index contributed by atoms with van der Waals surface area (Å²) >= 11 is 0. The smallest absolute Gasteiger partial charge is 0.251 e. The average Bonchev–Trinajstić information content (AvgIpc) is 2.84. The molecule has 6 heteroatoms. The third-order valence-electron chi connectivity index (χ3n) is 5.97. The van der Waals surface area contributed by atoms with Gasteiger partial charge in [-0.15, -0.1) is 0 Å². The molecule has 0 atom stereocenters. The molecular weight excluding hydrogens is 420 g/mol. The summed E-state index contributed by atoms with van der Waals surface area (Å²) in [5.74, 6) is -0.139. The summed E-state index contributed by atoms with van der Waals surface area (Å²) in [5.41, 5.74) is 4.54. The molecule has 0 saturated carbocycles. The van der Waals surface area contributed by atoms with Crippen LogP contribution in [0.1, 0.15) is 40.7 Å². The molecule has 0 unspecified atom stereocenters. The normalized spacial score (nSPS) is 14.8. The first-order valence-corrected chi connectivity index (χ1v) is 12.4. The second kappa shape index (κ2) is 9.67. The van der Waals surface area contributed by atoms with Crippen LogP contribution in [0.5, 0.6) is 0 Å². The third kappa shape index (κ3) is 4.92. The van der Waals surface area contributed by atoms with Gasteiger partial charge in [-0.25, -0.2) is 8.42 Å². The number of carbonyl (C=O) groups is 1. The number of piperidine rings is 1. The van der Waals surface area contributed by atoms with Crippen LogP contribution >= 0.6 is 0 Å². The SMILES string of the molecule is Cc1ccccc1CNC(=O)c1cccc(-c2ccc(S(=O)(=O)N3CCCCC3)cc2)c1. The van der Waals surface area contributed by atoms with Crippen molar-refractivity contribution in [2.24, 2.45) is 0 Å². The van der Waals surface area contributed by atoms with Crippen molar-refractivity contribution in [1.29, 1.82) is 0 Å². The van der Waals surface area contributed by atoms with Gasteiger partial charge < -0.3 is 5.32 Å². The van der Waals surface area contributed by atoms with E-state index in [-0.39, 0.29) is 5.91 Å². The number of nitrogens with zero attached hydrogens (tertiary/aromatic N) is 1. The van der Waals surface area contributed by atoms with Gasteiger partial charge in [0.1, 0.15) is 0 Å². The molecule has 0 bridgehead atoms. The van der Waals surface area contributed by atoms with E-state index in [0.717, 1.165) is 41.5 Å². The summed E-state index contributed by atoms with van der Waals surface area (Å²) in [7, 11) is -3.45. The van der Waals surface area contributed by atoms with Crippen molar-refractivity contribution in [2.45, 2.75) is 37.6 Å². The fourth-order valence-electron chi connectivity index (χ4n) is 4.00. The third-order valence-corrected chi connectivity index (χ3v) is 7.88. The summed E-state index contributed by atoms with van der Waals surface area (Å²) in [5, 5.41) is 2.98. The molecule has 1 aliphatic rings. The molecule has 1 saturated heterocycles. The number of amides is 1. The second-order valence-corrected chi connectivity index (χ2v) is 10.1. The molecule has 166 valence electrons. The fourth-order valence-corrected chi connectivity index (χ4v) is 5.52. The minimum atomic E-state index is -3.45. The number of hydrogen-bond acceptors (Lipinski definition) is 3. The Hall–Kier alpha value is -2.96. The van der Waals surface area contributed by atoms with Crippen LogP contribution in [0.3, 0.4) is 0 Å². The van der Waals surface area contributed by atoms with E-state index >= 15 is 0 Å². The first kappa shape index (κ1) is 22.2. The minimum absolute atomic E-state index is 0.139. The van der Waals surface area contributed by atoms with Gasteiger partial charge in [0.05, 0.1) is 4.90 Å². The molecule has 0 spiro atoms. The van der Waals surface area contributed by atoms with Crippen molar-refractivity contribution < 1.29 is 13.2 Å². The van der Waals surface area contributed by atoms with Crippen molar-refractivity contribution >= 4 is 15.9 Å². The lowest BCUT2D eigenvalue weighted by molar-refractivity contribution is 0.0951. The maximum Gasteiger partial charge on any atom is 0.251 e. The van der Waals surface area contributed by atoms with Gasteiger partial charge in [0, 0.05) is 25.2 Å². The first-order chi connectivity index (χ1) is 15.4. The highest BCUT2D eigenvalue weighted by Crippen LogP contribution is 2.25. The highest BCUT2D eigenvalue weighted by molar-refractivity contribution is 7.89. The van der Waals surface area contributed by atoms with Crippen LogP contribution in [0.25, 0.3) is 11.1 Å². The molecule has 5 nitrogen and oxygen atoms in total. The van der Waals surface area contributed by atoms with E-state index in [0.29, 0.717) is 30.1 Å². The van der Waals surface area contributed by atoms with E-state index in [9.17, 15) is 13.2 Å². The Morgan fingerprint density at radius 2 is 1.59 bits per heavy atom. The van der Waals surface area contributed by atoms with Crippen LogP contribution in [-0.4, -0.2) is 31.7 Å². The molecule has 0 aromatic heterocycles. The van der Waals surface area contributed by atoms with Crippen molar-refractivity contribution in [3.63, 3.8) is 0 Å². The molecular formula is C26H28N2O3S. The van der Waals surface area contributed by atoms with Crippen molar-refractivity contribution in [3.8, 4) is 11.1 Å². The quantitative estimate of drug-likeness (QED) is 0.591. The van der Waals surface area contributed by atoms with Gasteiger partial charge in [0.15, 0.2) is 0 Å². The molecule has 0 radical (unpaired) electrons. The first-order valence-electron chi connectivity index (χ1n) is 11.0. The number of nitrogens with one attached hydrogen (secondary N) is 1. The zero-order chi connectivity index (χ0) is 22.6. The lowest BCUT2D eigenvalue weighted by Crippen LogP contribution is -2.35. The number of sulfonamides is 1. The zero-order valence-electron chi connectivity index (χ0n) is 18.3. The van der Waals surface area contributed by atoms with Crippen molar-refractivity contribution in [3.05, 3.63) is 89.5 Å². The Bertz CT molecular complexity index is 1200. The van der Waals surface area contributed by atoms with E-state index in [1.54, 1.807) is 34.6 Å². The molecule has 3 aromatic carbocycles. The summed E-state index contributed by atoms with van der Waals surface area (Å²) in [4.78, 5) is 13.0. The van der Waals surface area contributed by atoms with E-state index in [1.165, 1.54) is 0 Å². The zero-order valence-corrected chi connectivity index (χ0v) is 19.1. The lowest BCUT2D eigenvalue weighted by Gasteiger charge is -2.25. The molecule has 1 fully saturated rings. The summed E-state index contributed by atoms with van der Waals surface area (Å²) in [6.07, 6.45) is 2.91. The average molecular weight is 449 g/mol. The number of aryl methyl sites for hydroxylation is 1. The molecule has 4 rings (SSSR count). The van der Waals surface area contributed by atoms with Gasteiger partial charge in [0.2, 0.25) is 10.0 Å². The molecule has 3 aromatic rings. The molecule has 1 heterocycles. The summed E-state index contributed by atoms with van der Waals surface area (Å²) in [6, 6.07) is 22.3. The standard InChI is InChI=1S/C26H28N2O3S/c1-20-8-3-4-9-24(20)19-27-26(29)23-11-7-10-22(18-23)21-12-14-25(15-13-21)32(30,31)28-16-5-2-6-17-28/h3-4,7-15,18H,2,5-6,16-17,19H2,1H3,(H,27,29). The Morgan fingerprint density at radius 1 is 0.875 bits per heavy atom. The Labute approximate surface area is 190 Å². The molecule has 1 aliphatic heterocycles. The van der Waals surface area contributed by atoms with Gasteiger partial charge >= 0.3 is 0 Å². The molecule has 32 heavy (non-hydrogen) atoms. The van der Waals surface area contributed by atoms with E-state index in [1.807, 2.05) is 49.4 Å². The highest BCUT2D eigenvalue weighted by Gasteiger charge is 2.25. The van der Waals surface area contributed by atoms with Gasteiger partial charge in [0.25, 0.3) is 5.91 Å². The van der Waals surface area contributed by atoms with E-state index in [2.05, 4.69) is 5.32 Å². The molecule has 1 N–H and O–H groups in total. The van der Waals surface area contributed by atoms with Crippen molar-refractivity contribution in [2.75, 3.05) is 13.1 Å². The fraction of sp³-hybridized carbons (Fsp3) is 0.269. The predicted molar refractivity (Wildman–Crippen MR) is 127 cm³/mol. The maximum atomic E-state index is 12.9. The van der Waals surface area contributed by atoms with Crippen LogP contribution in [0.2, 0.25) is 0 Å². The largest absolute Gasteiger partial charge is 0.348 e. The number of rotatable bonds is 6. The molecule has 0 aliphatic carbocycles. The second-order valence-electron chi connectivity index (χ2n) is 8.18. The Kier molecular flexibility index (Phi) is 6.72. The van der Waals surface area contributed by atoms with Crippen LogP contribution in [-0.2, 0) is 16.6 Å². The maximum absolute atomic E-state index is 12.9. The van der Waals surface area contributed by atoms with Gasteiger partial charge in [-0.2, -0.15) is 4.31 Å². The van der Waals surface area contributed by atoms with E-state index < -0.39 is 10.0 Å². The minimum Gasteiger partial charge on any atom is -0.348 e. The van der Waals surface area contributed by atoms with Gasteiger partial charge in [-0.1, -0.05) is 55.0 Å². The number of benzene rings is 3. The summed E-state index contributed by atoms with van der Waals surface area (Å²) in [6.45, 7) is 3.67. The predicted octanol–water partition coefficient (Wildman–Crippen LogP) is 4.77. The van der Waals surface area contributed by atoms with Gasteiger partial charge in [-0.05, 0) is 66.3 Å². The Balaban J connectivity index is 1.48. The van der Waals surface area contributed by atoms with Crippen LogP contribution in [0.4, 0.5) is 0 Å². The van der Waals surface area contributed by atoms with Crippen LogP contribution in [0.15, 0.2) is 77.7 Å². The van der Waals surface area contributed by atoms with Gasteiger partial charge in [-0.3, -0.25) is 4.79 Å². The number of hydrogen-bond donors (Lipinski definition) is 1. The topological polar surface area (TPSA) is 66.5 Å². The number of carbonyl (C=O) groups excluding carboxylic acids is 1. The Morgan fingerprint density at radius 3 is 2.31 bits per heavy atom. The highest BCUT2D eigenvalue weighted by atomic mass is 32.2. The van der Waals surface area contributed by atoms with Crippen LogP contribution < -0.4 is 5.32 Å². The summed E-state index contributed by atoms with van der Waals surface area (Å²) < 4.78 is 27.3. The monoisotopic (exact) mass is 448 g/mol. The van der Waals surface area contributed by atoms with Crippen LogP contribution in [0, 0.1) is 6.92 Å². The molecule has 1 amide bonds.